The summed E-state index contributed by atoms with van der Waals surface area (Å²) in [7, 11) is -0.540. The van der Waals surface area contributed by atoms with Crippen LogP contribution in [0.3, 0.4) is 0 Å². The van der Waals surface area contributed by atoms with Crippen molar-refractivity contribution < 1.29 is 33.2 Å². The number of likely N-dealkylation sites (tertiary alicyclic amines) is 1. The molecule has 4 rings (SSSR count). The van der Waals surface area contributed by atoms with Crippen molar-refractivity contribution in [2.75, 3.05) is 6.54 Å². The Morgan fingerprint density at radius 2 is 1.68 bits per heavy atom. The van der Waals surface area contributed by atoms with Crippen molar-refractivity contribution in [1.29, 1.82) is 0 Å². The number of nitrogens with zero attached hydrogens (tertiary/aromatic N) is 1. The molecule has 230 valence electrons. The topological polar surface area (TPSA) is 135 Å². The van der Waals surface area contributed by atoms with E-state index >= 15 is 0 Å². The van der Waals surface area contributed by atoms with Gasteiger partial charge in [-0.1, -0.05) is 20.8 Å². The molecule has 4 fully saturated rings. The SMILES string of the molecule is CC(NC(=O)OC(C)(C)C)C(=O)NC(C)C(=O)N1CCCC1C(=O)NC(B1OC2CC3(C)CCC3C2(C)O1)C(C)C. The van der Waals surface area contributed by atoms with Gasteiger partial charge >= 0.3 is 13.2 Å². The minimum absolute atomic E-state index is 0.0179. The minimum atomic E-state index is -0.907. The zero-order valence-electron chi connectivity index (χ0n) is 26.2. The molecule has 8 unspecified atom stereocenters. The zero-order chi connectivity index (χ0) is 30.5. The first-order valence-corrected chi connectivity index (χ1v) is 15.2. The third kappa shape index (κ3) is 6.38. The lowest BCUT2D eigenvalue weighted by Gasteiger charge is -2.47. The highest BCUT2D eigenvalue weighted by Gasteiger charge is 2.68. The maximum atomic E-state index is 13.6. The Labute approximate surface area is 244 Å². The van der Waals surface area contributed by atoms with Gasteiger partial charge in [0.15, 0.2) is 0 Å². The Morgan fingerprint density at radius 1 is 1.00 bits per heavy atom. The van der Waals surface area contributed by atoms with Gasteiger partial charge in [0.25, 0.3) is 0 Å². The van der Waals surface area contributed by atoms with Crippen LogP contribution in [0.5, 0.6) is 0 Å². The largest absolute Gasteiger partial charge is 0.481 e. The van der Waals surface area contributed by atoms with Crippen molar-refractivity contribution in [2.45, 2.75) is 136 Å². The van der Waals surface area contributed by atoms with Crippen molar-refractivity contribution >= 4 is 30.9 Å². The van der Waals surface area contributed by atoms with Crippen LogP contribution < -0.4 is 16.0 Å². The highest BCUT2D eigenvalue weighted by Crippen LogP contribution is 2.65. The number of rotatable bonds is 8. The van der Waals surface area contributed by atoms with Crippen molar-refractivity contribution in [1.82, 2.24) is 20.9 Å². The van der Waals surface area contributed by atoms with E-state index in [0.717, 1.165) is 12.8 Å². The molecule has 0 aromatic carbocycles. The Kier molecular flexibility index (Phi) is 8.78. The molecule has 2 saturated heterocycles. The van der Waals surface area contributed by atoms with Crippen LogP contribution in [0.2, 0.25) is 0 Å². The van der Waals surface area contributed by atoms with Gasteiger partial charge in [0.2, 0.25) is 17.7 Å². The van der Waals surface area contributed by atoms with Gasteiger partial charge in [-0.15, -0.1) is 0 Å². The summed E-state index contributed by atoms with van der Waals surface area (Å²) in [6.45, 7) is 17.2. The molecule has 0 aromatic heterocycles. The first kappa shape index (κ1) is 31.6. The van der Waals surface area contributed by atoms with Gasteiger partial charge in [-0.2, -0.15) is 0 Å². The first-order valence-electron chi connectivity index (χ1n) is 15.2. The Bertz CT molecular complexity index is 1050. The molecule has 2 aliphatic carbocycles. The number of nitrogens with one attached hydrogen (secondary N) is 3. The van der Waals surface area contributed by atoms with Crippen LogP contribution in [-0.4, -0.2) is 83.8 Å². The van der Waals surface area contributed by atoms with Crippen LogP contribution in [0.25, 0.3) is 0 Å². The normalized spacial score (nSPS) is 32.9. The fourth-order valence-corrected chi connectivity index (χ4v) is 7.11. The molecule has 8 atom stereocenters. The average molecular weight is 577 g/mol. The third-order valence-corrected chi connectivity index (χ3v) is 9.51. The number of hydrogen-bond donors (Lipinski definition) is 3. The van der Waals surface area contributed by atoms with E-state index in [1.165, 1.54) is 18.2 Å². The fraction of sp³-hybridized carbons (Fsp3) is 0.862. The summed E-state index contributed by atoms with van der Waals surface area (Å²) >= 11 is 0. The molecule has 0 spiro atoms. The van der Waals surface area contributed by atoms with Gasteiger partial charge in [0, 0.05) is 6.54 Å². The van der Waals surface area contributed by atoms with E-state index in [4.69, 9.17) is 14.0 Å². The Balaban J connectivity index is 1.33. The van der Waals surface area contributed by atoms with Crippen molar-refractivity contribution in [3.05, 3.63) is 0 Å². The quantitative estimate of drug-likeness (QED) is 0.378. The van der Waals surface area contributed by atoms with Gasteiger partial charge in [-0.25, -0.2) is 4.79 Å². The average Bonchev–Trinajstić information content (AvgIpc) is 3.47. The van der Waals surface area contributed by atoms with E-state index in [1.807, 2.05) is 13.8 Å². The van der Waals surface area contributed by atoms with Gasteiger partial charge in [0.05, 0.1) is 17.6 Å². The maximum absolute atomic E-state index is 13.6. The third-order valence-electron chi connectivity index (χ3n) is 9.51. The van der Waals surface area contributed by atoms with Crippen LogP contribution >= 0.6 is 0 Å². The lowest BCUT2D eigenvalue weighted by atomic mass is 9.60. The van der Waals surface area contributed by atoms with Gasteiger partial charge in [-0.3, -0.25) is 14.4 Å². The summed E-state index contributed by atoms with van der Waals surface area (Å²) in [6.07, 6.45) is 3.84. The summed E-state index contributed by atoms with van der Waals surface area (Å²) < 4.78 is 18.2. The number of ether oxygens (including phenoxy) is 1. The maximum Gasteiger partial charge on any atom is 0.481 e. The number of hydrogen-bond acceptors (Lipinski definition) is 7. The molecule has 3 N–H and O–H groups in total. The van der Waals surface area contributed by atoms with E-state index in [0.29, 0.717) is 25.3 Å². The van der Waals surface area contributed by atoms with Gasteiger partial charge in [0.1, 0.15) is 23.7 Å². The number of fused-ring (bicyclic) bond motifs is 3. The van der Waals surface area contributed by atoms with E-state index in [9.17, 15) is 19.2 Å². The van der Waals surface area contributed by atoms with E-state index in [1.54, 1.807) is 27.7 Å². The van der Waals surface area contributed by atoms with E-state index in [-0.39, 0.29) is 40.8 Å². The summed E-state index contributed by atoms with van der Waals surface area (Å²) in [4.78, 5) is 53.1. The van der Waals surface area contributed by atoms with Crippen molar-refractivity contribution in [3.63, 3.8) is 0 Å². The number of amides is 4. The molecule has 11 nitrogen and oxygen atoms in total. The smallest absolute Gasteiger partial charge is 0.444 e. The molecule has 2 aliphatic heterocycles. The second-order valence-corrected chi connectivity index (χ2v) is 14.3. The molecule has 12 heteroatoms. The molecule has 4 aliphatic rings. The van der Waals surface area contributed by atoms with Crippen LogP contribution in [0.1, 0.15) is 94.4 Å². The summed E-state index contributed by atoms with van der Waals surface area (Å²) in [5.41, 5.74) is -0.760. The summed E-state index contributed by atoms with van der Waals surface area (Å²) in [6, 6.07) is -2.43. The summed E-state index contributed by atoms with van der Waals surface area (Å²) in [5.74, 6) is -0.936. The fourth-order valence-electron chi connectivity index (χ4n) is 7.11. The molecule has 4 amide bonds. The molecular formula is C29H49BN4O7. The lowest BCUT2D eigenvalue weighted by Crippen LogP contribution is -2.58. The number of alkyl carbamates (subject to hydrolysis) is 1. The van der Waals surface area contributed by atoms with Crippen LogP contribution in [-0.2, 0) is 28.4 Å². The number of carbonyl (C=O) groups is 4. The molecule has 41 heavy (non-hydrogen) atoms. The van der Waals surface area contributed by atoms with E-state index in [2.05, 4.69) is 29.8 Å². The Morgan fingerprint density at radius 3 is 2.27 bits per heavy atom. The van der Waals surface area contributed by atoms with Crippen molar-refractivity contribution in [3.8, 4) is 0 Å². The predicted octanol–water partition coefficient (Wildman–Crippen LogP) is 2.56. The highest BCUT2D eigenvalue weighted by molar-refractivity contribution is 6.48. The predicted molar refractivity (Wildman–Crippen MR) is 154 cm³/mol. The zero-order valence-corrected chi connectivity index (χ0v) is 26.2. The molecule has 0 radical (unpaired) electrons. The van der Waals surface area contributed by atoms with Gasteiger partial charge in [-0.05, 0) is 90.9 Å². The lowest BCUT2D eigenvalue weighted by molar-refractivity contribution is -0.141. The van der Waals surface area contributed by atoms with Crippen molar-refractivity contribution in [2.24, 2.45) is 17.3 Å². The standard InChI is InChI=1S/C29H49BN4O7/c1-16(2)22(30-40-21-15-28(8)13-12-20(28)29(21,9)41-30)33-24(36)19-11-10-14-34(19)25(37)18(4)31-23(35)17(3)32-26(38)39-27(5,6)7/h16-22H,10-15H2,1-9H3,(H,31,35)(H,32,38)(H,33,36). The van der Waals surface area contributed by atoms with Gasteiger partial charge < -0.3 is 34.9 Å². The summed E-state index contributed by atoms with van der Waals surface area (Å²) in [5, 5.41) is 8.29. The first-order chi connectivity index (χ1) is 18.9. The Hall–Kier alpha value is -2.34. The minimum Gasteiger partial charge on any atom is -0.444 e. The van der Waals surface area contributed by atoms with Crippen LogP contribution in [0.4, 0.5) is 4.79 Å². The monoisotopic (exact) mass is 576 g/mol. The highest BCUT2D eigenvalue weighted by atomic mass is 16.7. The molecule has 0 aromatic rings. The molecule has 2 heterocycles. The van der Waals surface area contributed by atoms with E-state index < -0.39 is 42.8 Å². The second kappa shape index (κ2) is 11.4. The van der Waals surface area contributed by atoms with Crippen LogP contribution in [0.15, 0.2) is 0 Å². The number of carbonyl (C=O) groups excluding carboxylic acids is 4. The molecular weight excluding hydrogens is 527 g/mol. The second-order valence-electron chi connectivity index (χ2n) is 14.3. The molecule has 2 saturated carbocycles. The molecule has 0 bridgehead atoms. The van der Waals surface area contributed by atoms with Crippen LogP contribution in [0, 0.1) is 17.3 Å².